The Balaban J connectivity index is 1.38. The Hall–Kier alpha value is -3.58. The summed E-state index contributed by atoms with van der Waals surface area (Å²) in [6.45, 7) is 3.41. The maximum atomic E-state index is 13.2. The molecular weight excluding hydrogens is 460 g/mol. The number of imide groups is 1. The molecule has 0 atom stereocenters. The smallest absolute Gasteiger partial charge is 0.294 e. The van der Waals surface area contributed by atoms with Crippen molar-refractivity contribution in [1.82, 2.24) is 9.80 Å². The summed E-state index contributed by atoms with van der Waals surface area (Å²) in [6.07, 6.45) is 3.34. The summed E-state index contributed by atoms with van der Waals surface area (Å²) in [5, 5.41) is 1.53. The number of ether oxygens (including phenoxy) is 1. The van der Waals surface area contributed by atoms with E-state index in [2.05, 4.69) is 6.07 Å². The summed E-state index contributed by atoms with van der Waals surface area (Å²) in [5.74, 6) is 0.000671. The van der Waals surface area contributed by atoms with Crippen molar-refractivity contribution in [2.75, 3.05) is 19.7 Å². The molecule has 7 heteroatoms. The number of nitrogens with zero attached hydrogens (tertiary/aromatic N) is 2. The van der Waals surface area contributed by atoms with E-state index in [1.165, 1.54) is 5.56 Å². The van der Waals surface area contributed by atoms with E-state index in [0.717, 1.165) is 51.4 Å². The van der Waals surface area contributed by atoms with Gasteiger partial charge < -0.3 is 9.64 Å². The Kier molecular flexibility index (Phi) is 6.59. The van der Waals surface area contributed by atoms with Crippen LogP contribution in [0.4, 0.5) is 4.79 Å². The largest absolute Gasteiger partial charge is 0.493 e. The maximum Gasteiger partial charge on any atom is 0.294 e. The fourth-order valence-electron chi connectivity index (χ4n) is 4.47. The molecule has 0 unspecified atom stereocenters. The van der Waals surface area contributed by atoms with Crippen molar-refractivity contribution >= 4 is 45.7 Å². The number of carbonyl (C=O) groups excluding carboxylic acids is 3. The van der Waals surface area contributed by atoms with Gasteiger partial charge in [0.2, 0.25) is 5.91 Å². The molecule has 1 fully saturated rings. The summed E-state index contributed by atoms with van der Waals surface area (Å²) in [6, 6.07) is 19.8. The minimum absolute atomic E-state index is 0.222. The van der Waals surface area contributed by atoms with Crippen LogP contribution in [-0.4, -0.2) is 46.5 Å². The second kappa shape index (κ2) is 9.96. The lowest BCUT2D eigenvalue weighted by Gasteiger charge is -2.29. The fourth-order valence-corrected chi connectivity index (χ4v) is 5.29. The first kappa shape index (κ1) is 23.2. The lowest BCUT2D eigenvalue weighted by molar-refractivity contribution is -0.136. The highest BCUT2D eigenvalue weighted by Gasteiger charge is 2.37. The normalized spacial score (nSPS) is 16.8. The Morgan fingerprint density at radius 3 is 2.63 bits per heavy atom. The molecular formula is C28H26N2O4S. The molecule has 0 saturated carbocycles. The molecule has 0 N–H and O–H groups in total. The average Bonchev–Trinajstić information content (AvgIpc) is 3.15. The van der Waals surface area contributed by atoms with E-state index < -0.39 is 11.1 Å². The third-order valence-corrected chi connectivity index (χ3v) is 7.23. The molecule has 3 aromatic carbocycles. The molecule has 2 heterocycles. The third kappa shape index (κ3) is 4.68. The van der Waals surface area contributed by atoms with Gasteiger partial charge in [0.15, 0.2) is 0 Å². The lowest BCUT2D eigenvalue weighted by Crippen LogP contribution is -2.44. The van der Waals surface area contributed by atoms with Crippen molar-refractivity contribution in [3.63, 3.8) is 0 Å². The predicted molar refractivity (Wildman–Crippen MR) is 138 cm³/mol. The van der Waals surface area contributed by atoms with Crippen LogP contribution in [0.15, 0.2) is 65.6 Å². The van der Waals surface area contributed by atoms with Crippen LogP contribution in [-0.2, 0) is 22.6 Å². The molecule has 2 aliphatic rings. The molecule has 35 heavy (non-hydrogen) atoms. The lowest BCUT2D eigenvalue weighted by atomic mass is 10.00. The summed E-state index contributed by atoms with van der Waals surface area (Å²) < 4.78 is 5.94. The highest BCUT2D eigenvalue weighted by molar-refractivity contribution is 8.18. The fraction of sp³-hybridized carbons (Fsp3) is 0.250. The minimum atomic E-state index is -0.444. The van der Waals surface area contributed by atoms with Gasteiger partial charge in [-0.3, -0.25) is 19.3 Å². The molecule has 1 saturated heterocycles. The summed E-state index contributed by atoms with van der Waals surface area (Å²) >= 11 is 0.867. The summed E-state index contributed by atoms with van der Waals surface area (Å²) in [7, 11) is 0. The topological polar surface area (TPSA) is 66.9 Å². The van der Waals surface area contributed by atoms with Crippen molar-refractivity contribution in [3.05, 3.63) is 82.3 Å². The van der Waals surface area contributed by atoms with Gasteiger partial charge in [-0.2, -0.15) is 0 Å². The number of benzene rings is 3. The maximum absolute atomic E-state index is 13.2. The van der Waals surface area contributed by atoms with Gasteiger partial charge in [0.25, 0.3) is 11.1 Å². The van der Waals surface area contributed by atoms with E-state index in [1.54, 1.807) is 11.0 Å². The van der Waals surface area contributed by atoms with Crippen molar-refractivity contribution in [2.45, 2.75) is 26.3 Å². The van der Waals surface area contributed by atoms with Crippen LogP contribution < -0.4 is 4.74 Å². The van der Waals surface area contributed by atoms with Crippen molar-refractivity contribution in [1.29, 1.82) is 0 Å². The van der Waals surface area contributed by atoms with Crippen LogP contribution in [0, 0.1) is 0 Å². The SMILES string of the molecule is CCCOc1ccc2ccccc2c1/C=C1\SC(=O)N(CC(=O)N2CCc3ccccc3C2)C1=O. The van der Waals surface area contributed by atoms with E-state index in [1.807, 2.05) is 61.5 Å². The highest BCUT2D eigenvalue weighted by Crippen LogP contribution is 2.37. The van der Waals surface area contributed by atoms with Crippen LogP contribution in [0.5, 0.6) is 5.75 Å². The van der Waals surface area contributed by atoms with Crippen molar-refractivity contribution < 1.29 is 19.1 Å². The Labute approximate surface area is 208 Å². The second-order valence-corrected chi connectivity index (χ2v) is 9.64. The second-order valence-electron chi connectivity index (χ2n) is 8.65. The van der Waals surface area contributed by atoms with Gasteiger partial charge in [-0.25, -0.2) is 0 Å². The van der Waals surface area contributed by atoms with Gasteiger partial charge in [0.05, 0.1) is 11.5 Å². The standard InChI is InChI=1S/C28H26N2O4S/c1-2-15-34-24-12-11-20-8-5-6-10-22(20)23(24)16-25-27(32)30(28(33)35-25)18-26(31)29-14-13-19-7-3-4-9-21(19)17-29/h3-12,16H,2,13-15,17-18H2,1H3/b25-16-. The molecule has 3 aromatic rings. The number of hydrogen-bond acceptors (Lipinski definition) is 5. The van der Waals surface area contributed by atoms with Crippen LogP contribution in [0.2, 0.25) is 0 Å². The van der Waals surface area contributed by atoms with E-state index >= 15 is 0 Å². The Bertz CT molecular complexity index is 1350. The van der Waals surface area contributed by atoms with Gasteiger partial charge in [-0.05, 0) is 58.6 Å². The molecule has 178 valence electrons. The van der Waals surface area contributed by atoms with E-state index in [0.29, 0.717) is 30.4 Å². The average molecular weight is 487 g/mol. The first-order valence-corrected chi connectivity index (χ1v) is 12.6. The number of carbonyl (C=O) groups is 3. The number of amides is 3. The zero-order valence-electron chi connectivity index (χ0n) is 19.5. The van der Waals surface area contributed by atoms with Gasteiger partial charge in [-0.15, -0.1) is 0 Å². The molecule has 0 aromatic heterocycles. The van der Waals surface area contributed by atoms with Gasteiger partial charge in [0.1, 0.15) is 12.3 Å². The zero-order valence-corrected chi connectivity index (χ0v) is 20.3. The van der Waals surface area contributed by atoms with Gasteiger partial charge in [-0.1, -0.05) is 61.5 Å². The monoisotopic (exact) mass is 486 g/mol. The van der Waals surface area contributed by atoms with E-state index in [-0.39, 0.29) is 12.5 Å². The van der Waals surface area contributed by atoms with Crippen LogP contribution in [0.25, 0.3) is 16.8 Å². The first-order chi connectivity index (χ1) is 17.0. The number of rotatable bonds is 6. The quantitative estimate of drug-likeness (QED) is 0.445. The van der Waals surface area contributed by atoms with E-state index in [4.69, 9.17) is 4.74 Å². The van der Waals surface area contributed by atoms with Crippen LogP contribution >= 0.6 is 11.8 Å². The summed E-state index contributed by atoms with van der Waals surface area (Å²) in [5.41, 5.74) is 3.11. The van der Waals surface area contributed by atoms with Crippen molar-refractivity contribution in [3.8, 4) is 5.75 Å². The van der Waals surface area contributed by atoms with Gasteiger partial charge in [0, 0.05) is 18.7 Å². The minimum Gasteiger partial charge on any atom is -0.493 e. The molecule has 6 nitrogen and oxygen atoms in total. The number of fused-ring (bicyclic) bond motifs is 2. The van der Waals surface area contributed by atoms with E-state index in [9.17, 15) is 14.4 Å². The number of hydrogen-bond donors (Lipinski definition) is 0. The molecule has 0 bridgehead atoms. The van der Waals surface area contributed by atoms with Crippen molar-refractivity contribution in [2.24, 2.45) is 0 Å². The highest BCUT2D eigenvalue weighted by atomic mass is 32.2. The first-order valence-electron chi connectivity index (χ1n) is 11.8. The Morgan fingerprint density at radius 2 is 1.80 bits per heavy atom. The molecule has 0 spiro atoms. The molecule has 0 aliphatic carbocycles. The number of thioether (sulfide) groups is 1. The molecule has 5 rings (SSSR count). The molecule has 0 radical (unpaired) electrons. The van der Waals surface area contributed by atoms with Crippen LogP contribution in [0.3, 0.4) is 0 Å². The Morgan fingerprint density at radius 1 is 1.03 bits per heavy atom. The summed E-state index contributed by atoms with van der Waals surface area (Å²) in [4.78, 5) is 42.0. The van der Waals surface area contributed by atoms with Gasteiger partial charge >= 0.3 is 0 Å². The van der Waals surface area contributed by atoms with Crippen LogP contribution in [0.1, 0.15) is 30.0 Å². The molecule has 3 amide bonds. The predicted octanol–water partition coefficient (Wildman–Crippen LogP) is 5.25. The third-order valence-electron chi connectivity index (χ3n) is 6.32. The zero-order chi connectivity index (χ0) is 24.4. The molecule has 2 aliphatic heterocycles.